The minimum atomic E-state index is -0.452. The highest BCUT2D eigenvalue weighted by molar-refractivity contribution is 5.68. The minimum Gasteiger partial charge on any atom is -0.444 e. The summed E-state index contributed by atoms with van der Waals surface area (Å²) in [5, 5.41) is 10.9. The molecule has 1 N–H and O–H groups in total. The van der Waals surface area contributed by atoms with E-state index in [0.717, 1.165) is 45.3 Å². The molecule has 3 aliphatic carbocycles. The Labute approximate surface area is 206 Å². The van der Waals surface area contributed by atoms with Crippen molar-refractivity contribution in [3.05, 3.63) is 23.3 Å². The smallest absolute Gasteiger partial charge is 0.410 e. The van der Waals surface area contributed by atoms with E-state index in [1.54, 1.807) is 11.1 Å². The molecule has 2 aliphatic heterocycles. The van der Waals surface area contributed by atoms with Crippen molar-refractivity contribution in [3.8, 4) is 0 Å². The lowest BCUT2D eigenvalue weighted by molar-refractivity contribution is -0.0843. The minimum absolute atomic E-state index is 0.0878. The third-order valence-corrected chi connectivity index (χ3v) is 10.3. The number of hydrogen-bond acceptors (Lipinski definition) is 4. The highest BCUT2D eigenvalue weighted by Crippen LogP contribution is 2.65. The van der Waals surface area contributed by atoms with E-state index in [1.807, 2.05) is 25.7 Å². The van der Waals surface area contributed by atoms with E-state index in [-0.39, 0.29) is 23.0 Å². The molecule has 1 saturated heterocycles. The molecule has 0 bridgehead atoms. The lowest BCUT2D eigenvalue weighted by Crippen LogP contribution is -2.60. The third-order valence-electron chi connectivity index (χ3n) is 10.3. The van der Waals surface area contributed by atoms with E-state index < -0.39 is 5.60 Å². The number of aliphatic hydroxyl groups excluding tert-OH is 1. The molecule has 0 aromatic heterocycles. The molecular formula is C29H46N2O3. The van der Waals surface area contributed by atoms with E-state index in [0.29, 0.717) is 23.8 Å². The molecule has 0 aromatic carbocycles. The van der Waals surface area contributed by atoms with E-state index >= 15 is 0 Å². The summed E-state index contributed by atoms with van der Waals surface area (Å²) in [6.07, 6.45) is 12.3. The highest BCUT2D eigenvalue weighted by atomic mass is 16.6. The molecule has 0 spiro atoms. The first-order valence-corrected chi connectivity index (χ1v) is 13.7. The predicted molar refractivity (Wildman–Crippen MR) is 135 cm³/mol. The maximum Gasteiger partial charge on any atom is 0.410 e. The van der Waals surface area contributed by atoms with Gasteiger partial charge in [-0.15, -0.1) is 0 Å². The van der Waals surface area contributed by atoms with Crippen LogP contribution < -0.4 is 0 Å². The first-order chi connectivity index (χ1) is 15.9. The summed E-state index contributed by atoms with van der Waals surface area (Å²) in [7, 11) is 2.30. The Hall–Kier alpha value is -1.33. The first-order valence-electron chi connectivity index (χ1n) is 13.7. The Balaban J connectivity index is 1.45. The molecule has 34 heavy (non-hydrogen) atoms. The number of carbonyl (C=O) groups excluding carboxylic acids is 1. The Morgan fingerprint density at radius 2 is 1.82 bits per heavy atom. The molecule has 5 nitrogen and oxygen atoms in total. The number of fused-ring (bicyclic) bond motifs is 5. The van der Waals surface area contributed by atoms with Crippen molar-refractivity contribution in [2.24, 2.45) is 28.6 Å². The van der Waals surface area contributed by atoms with Crippen LogP contribution in [0.15, 0.2) is 23.3 Å². The summed E-state index contributed by atoms with van der Waals surface area (Å²) >= 11 is 0. The summed E-state index contributed by atoms with van der Waals surface area (Å²) in [6.45, 7) is 13.2. The molecule has 0 aromatic rings. The van der Waals surface area contributed by atoms with E-state index in [1.165, 1.54) is 19.3 Å². The Bertz CT molecular complexity index is 878. The zero-order valence-corrected chi connectivity index (χ0v) is 22.3. The lowest BCUT2D eigenvalue weighted by Gasteiger charge is -2.61. The highest BCUT2D eigenvalue weighted by Gasteiger charge is 2.61. The van der Waals surface area contributed by atoms with Gasteiger partial charge in [0, 0.05) is 31.1 Å². The molecule has 0 radical (unpaired) electrons. The Morgan fingerprint density at radius 3 is 2.50 bits per heavy atom. The summed E-state index contributed by atoms with van der Waals surface area (Å²) in [5.74, 6) is 1.96. The number of likely N-dealkylation sites (tertiary alicyclic amines) is 1. The largest absolute Gasteiger partial charge is 0.444 e. The predicted octanol–water partition coefficient (Wildman–Crippen LogP) is 5.40. The van der Waals surface area contributed by atoms with Crippen molar-refractivity contribution >= 4 is 6.09 Å². The molecule has 1 amide bonds. The van der Waals surface area contributed by atoms with Crippen LogP contribution in [0.25, 0.3) is 0 Å². The fourth-order valence-corrected chi connectivity index (χ4v) is 8.74. The molecule has 2 unspecified atom stereocenters. The zero-order valence-electron chi connectivity index (χ0n) is 22.3. The van der Waals surface area contributed by atoms with Crippen LogP contribution in [-0.2, 0) is 4.74 Å². The topological polar surface area (TPSA) is 53.0 Å². The Kier molecular flexibility index (Phi) is 6.00. The van der Waals surface area contributed by atoms with Gasteiger partial charge in [-0.05, 0) is 95.9 Å². The third kappa shape index (κ3) is 3.86. The van der Waals surface area contributed by atoms with Gasteiger partial charge in [0.05, 0.1) is 6.10 Å². The average molecular weight is 471 g/mol. The van der Waals surface area contributed by atoms with Crippen LogP contribution in [0.4, 0.5) is 4.79 Å². The molecular weight excluding hydrogens is 424 g/mol. The monoisotopic (exact) mass is 470 g/mol. The van der Waals surface area contributed by atoms with Gasteiger partial charge in [-0.25, -0.2) is 4.79 Å². The molecule has 5 aliphatic rings. The standard InChI is InChI=1S/C29H46N2O3/c1-27(2,3)34-26(33)31-16-11-19(12-17-31)20-18-21-22-8-9-24(32)28(22,4)14-10-23(21)29(5)13-7-15-30(6)25(20)29/h7,13,21-25,32H,8-12,14-18H2,1-6H3/t21-,22-,23+,24?,25?,28-,29+/m0/s1. The van der Waals surface area contributed by atoms with Crippen molar-refractivity contribution < 1.29 is 14.6 Å². The molecule has 3 saturated carbocycles. The van der Waals surface area contributed by atoms with Gasteiger partial charge in [-0.3, -0.25) is 4.90 Å². The van der Waals surface area contributed by atoms with Gasteiger partial charge >= 0.3 is 6.09 Å². The summed E-state index contributed by atoms with van der Waals surface area (Å²) < 4.78 is 5.65. The fourth-order valence-electron chi connectivity index (χ4n) is 8.74. The molecule has 7 atom stereocenters. The van der Waals surface area contributed by atoms with Gasteiger partial charge < -0.3 is 14.7 Å². The van der Waals surface area contributed by atoms with Crippen molar-refractivity contribution in [1.29, 1.82) is 0 Å². The van der Waals surface area contributed by atoms with Crippen LogP contribution in [0.2, 0.25) is 0 Å². The van der Waals surface area contributed by atoms with E-state index in [4.69, 9.17) is 4.74 Å². The zero-order chi connectivity index (χ0) is 24.5. The van der Waals surface area contributed by atoms with Crippen LogP contribution in [0.5, 0.6) is 0 Å². The SMILES string of the molecule is CN1CC=C[C@@]2(C)C1C(=C1CCN(C(=O)OC(C)(C)C)CC1)C[C@@H]1[C@H]2CC[C@]2(C)C(O)CC[C@@H]12. The molecule has 5 rings (SSSR count). The fraction of sp³-hybridized carbons (Fsp3) is 0.828. The van der Waals surface area contributed by atoms with Gasteiger partial charge in [0.2, 0.25) is 0 Å². The number of piperidine rings is 1. The van der Waals surface area contributed by atoms with Gasteiger partial charge in [-0.2, -0.15) is 0 Å². The van der Waals surface area contributed by atoms with E-state index in [2.05, 4.69) is 37.9 Å². The Morgan fingerprint density at radius 1 is 1.12 bits per heavy atom. The second kappa shape index (κ2) is 8.37. The number of likely N-dealkylation sites (N-methyl/N-ethyl adjacent to an activating group) is 1. The summed E-state index contributed by atoms with van der Waals surface area (Å²) in [4.78, 5) is 17.1. The maximum atomic E-state index is 12.7. The van der Waals surface area contributed by atoms with Crippen molar-refractivity contribution in [2.45, 2.75) is 97.3 Å². The molecule has 4 fully saturated rings. The molecule has 190 valence electrons. The molecule has 2 heterocycles. The van der Waals surface area contributed by atoms with Crippen LogP contribution in [-0.4, -0.2) is 65.4 Å². The average Bonchev–Trinajstić information content (AvgIpc) is 3.07. The van der Waals surface area contributed by atoms with Gasteiger partial charge in [0.25, 0.3) is 0 Å². The van der Waals surface area contributed by atoms with Crippen LogP contribution in [0.3, 0.4) is 0 Å². The quantitative estimate of drug-likeness (QED) is 0.482. The number of ether oxygens (including phenoxy) is 1. The number of rotatable bonds is 0. The number of aliphatic hydroxyl groups is 1. The van der Waals surface area contributed by atoms with Crippen molar-refractivity contribution in [2.75, 3.05) is 26.7 Å². The molecule has 5 heteroatoms. The summed E-state index contributed by atoms with van der Waals surface area (Å²) in [6, 6.07) is 0.456. The van der Waals surface area contributed by atoms with Crippen LogP contribution in [0.1, 0.15) is 79.6 Å². The number of hydrogen-bond donors (Lipinski definition) is 1. The van der Waals surface area contributed by atoms with Crippen LogP contribution in [0, 0.1) is 28.6 Å². The lowest BCUT2D eigenvalue weighted by atomic mass is 9.47. The van der Waals surface area contributed by atoms with Crippen LogP contribution >= 0.6 is 0 Å². The summed E-state index contributed by atoms with van der Waals surface area (Å²) in [5.41, 5.74) is 3.03. The van der Waals surface area contributed by atoms with Gasteiger partial charge in [0.15, 0.2) is 0 Å². The number of carbonyl (C=O) groups is 1. The maximum absolute atomic E-state index is 12.7. The number of amides is 1. The second-order valence-electron chi connectivity index (χ2n) is 13.4. The van der Waals surface area contributed by atoms with E-state index in [9.17, 15) is 9.90 Å². The van der Waals surface area contributed by atoms with Crippen molar-refractivity contribution in [3.63, 3.8) is 0 Å². The normalized spacial score (nSPS) is 42.8. The van der Waals surface area contributed by atoms with Crippen molar-refractivity contribution in [1.82, 2.24) is 9.80 Å². The van der Waals surface area contributed by atoms with Gasteiger partial charge in [0.1, 0.15) is 5.60 Å². The first kappa shape index (κ1) is 24.4. The number of nitrogens with zero attached hydrogens (tertiary/aromatic N) is 2. The van der Waals surface area contributed by atoms with Gasteiger partial charge in [-0.1, -0.05) is 37.1 Å². The second-order valence-corrected chi connectivity index (χ2v) is 13.4.